The van der Waals surface area contributed by atoms with Gasteiger partial charge in [-0.15, -0.1) is 12.4 Å². The van der Waals surface area contributed by atoms with Crippen LogP contribution in [-0.4, -0.2) is 19.0 Å². The molecule has 1 nitrogen and oxygen atoms in total. The van der Waals surface area contributed by atoms with Crippen LogP contribution in [0.4, 0.5) is 8.78 Å². The maximum atomic E-state index is 13.0. The normalized spacial score (nSPS) is 39.8. The van der Waals surface area contributed by atoms with E-state index in [1.807, 2.05) is 0 Å². The first-order valence-corrected chi connectivity index (χ1v) is 3.80. The van der Waals surface area contributed by atoms with Crippen LogP contribution in [0.2, 0.25) is 0 Å². The lowest BCUT2D eigenvalue weighted by molar-refractivity contribution is -0.0890. The molecule has 1 aliphatic carbocycles. The molecule has 0 amide bonds. The van der Waals surface area contributed by atoms with Gasteiger partial charge in [-0.2, -0.15) is 0 Å². The first-order valence-electron chi connectivity index (χ1n) is 3.80. The molecule has 0 spiro atoms. The van der Waals surface area contributed by atoms with Gasteiger partial charge in [0.25, 0.3) is 5.92 Å². The summed E-state index contributed by atoms with van der Waals surface area (Å²) in [5.74, 6) is -3.09. The van der Waals surface area contributed by atoms with Gasteiger partial charge in [0, 0.05) is 24.9 Å². The van der Waals surface area contributed by atoms with Crippen molar-refractivity contribution in [3.8, 4) is 0 Å². The van der Waals surface area contributed by atoms with E-state index in [-0.39, 0.29) is 24.2 Å². The maximum absolute atomic E-state index is 13.0. The van der Waals surface area contributed by atoms with Crippen LogP contribution in [0.25, 0.3) is 0 Å². The van der Waals surface area contributed by atoms with Gasteiger partial charge in [-0.1, -0.05) is 0 Å². The Labute approximate surface area is 71.0 Å². The Hall–Kier alpha value is 0.110. The van der Waals surface area contributed by atoms with Crippen LogP contribution in [0, 0.1) is 11.8 Å². The first-order chi connectivity index (χ1) is 4.71. The van der Waals surface area contributed by atoms with Crippen molar-refractivity contribution in [2.45, 2.75) is 18.8 Å². The molecule has 2 atom stereocenters. The summed E-state index contributed by atoms with van der Waals surface area (Å²) >= 11 is 0. The summed E-state index contributed by atoms with van der Waals surface area (Å²) < 4.78 is 26.0. The van der Waals surface area contributed by atoms with Gasteiger partial charge in [0.1, 0.15) is 0 Å². The van der Waals surface area contributed by atoms with Gasteiger partial charge in [-0.3, -0.25) is 0 Å². The molecule has 1 aliphatic heterocycles. The molecule has 0 aromatic carbocycles. The number of hydrogen-bond donors (Lipinski definition) is 1. The molecule has 2 rings (SSSR count). The molecule has 0 aromatic heterocycles. The Bertz CT molecular complexity index is 133. The fraction of sp³-hybridized carbons (Fsp3) is 1.00. The molecule has 2 aliphatic rings. The first kappa shape index (κ1) is 9.20. The van der Waals surface area contributed by atoms with Crippen molar-refractivity contribution in [2.24, 2.45) is 11.8 Å². The fourth-order valence-electron chi connectivity index (χ4n) is 2.03. The van der Waals surface area contributed by atoms with Crippen LogP contribution in [0.15, 0.2) is 0 Å². The molecule has 1 heterocycles. The number of alkyl halides is 2. The molecule has 2 bridgehead atoms. The second kappa shape index (κ2) is 2.87. The Morgan fingerprint density at radius 1 is 1.09 bits per heavy atom. The maximum Gasteiger partial charge on any atom is 0.256 e. The van der Waals surface area contributed by atoms with Gasteiger partial charge in [-0.05, 0) is 12.8 Å². The van der Waals surface area contributed by atoms with E-state index >= 15 is 0 Å². The number of fused-ring (bicyclic) bond motifs is 2. The highest BCUT2D eigenvalue weighted by Gasteiger charge is 2.53. The summed E-state index contributed by atoms with van der Waals surface area (Å²) in [5.41, 5.74) is 0. The van der Waals surface area contributed by atoms with Crippen molar-refractivity contribution in [1.29, 1.82) is 0 Å². The minimum absolute atomic E-state index is 0. The van der Waals surface area contributed by atoms with Crippen LogP contribution >= 0.6 is 12.4 Å². The standard InChI is InChI=1S/C7H11F2N.ClH/c8-7(9)5-1-2-6(7)4-10-3-5;/h5-6,10H,1-4H2;1H/t5-,6+;. The van der Waals surface area contributed by atoms with Crippen molar-refractivity contribution >= 4 is 12.4 Å². The van der Waals surface area contributed by atoms with Crippen molar-refractivity contribution < 1.29 is 8.78 Å². The van der Waals surface area contributed by atoms with E-state index in [9.17, 15) is 8.78 Å². The number of piperidine rings is 1. The smallest absolute Gasteiger partial charge is 0.256 e. The number of halogens is 3. The van der Waals surface area contributed by atoms with Gasteiger partial charge in [0.2, 0.25) is 0 Å². The molecule has 0 radical (unpaired) electrons. The summed E-state index contributed by atoms with van der Waals surface area (Å²) in [4.78, 5) is 0. The van der Waals surface area contributed by atoms with Gasteiger partial charge < -0.3 is 5.32 Å². The Morgan fingerprint density at radius 2 is 1.55 bits per heavy atom. The topological polar surface area (TPSA) is 12.0 Å². The predicted molar refractivity (Wildman–Crippen MR) is 41.3 cm³/mol. The van der Waals surface area contributed by atoms with E-state index in [2.05, 4.69) is 5.32 Å². The molecule has 2 fully saturated rings. The van der Waals surface area contributed by atoms with E-state index in [0.29, 0.717) is 25.9 Å². The monoisotopic (exact) mass is 183 g/mol. The fourth-order valence-corrected chi connectivity index (χ4v) is 2.03. The van der Waals surface area contributed by atoms with E-state index < -0.39 is 5.92 Å². The average molecular weight is 184 g/mol. The van der Waals surface area contributed by atoms with Crippen molar-refractivity contribution in [3.05, 3.63) is 0 Å². The highest BCUT2D eigenvalue weighted by Crippen LogP contribution is 2.46. The molecular weight excluding hydrogens is 172 g/mol. The summed E-state index contributed by atoms with van der Waals surface area (Å²) in [7, 11) is 0. The molecular formula is C7H12ClF2N. The second-order valence-corrected chi connectivity index (χ2v) is 3.30. The molecule has 1 saturated heterocycles. The van der Waals surface area contributed by atoms with Crippen molar-refractivity contribution in [3.63, 3.8) is 0 Å². The lowest BCUT2D eigenvalue weighted by Crippen LogP contribution is -2.46. The highest BCUT2D eigenvalue weighted by molar-refractivity contribution is 5.85. The zero-order valence-corrected chi connectivity index (χ0v) is 6.96. The Kier molecular flexibility index (Phi) is 2.40. The molecule has 1 N–H and O–H groups in total. The van der Waals surface area contributed by atoms with Gasteiger partial charge in [-0.25, -0.2) is 8.78 Å². The zero-order chi connectivity index (χ0) is 7.19. The second-order valence-electron chi connectivity index (χ2n) is 3.30. The minimum atomic E-state index is -2.36. The summed E-state index contributed by atoms with van der Waals surface area (Å²) in [6, 6.07) is 0. The Balaban J connectivity index is 0.000000605. The zero-order valence-electron chi connectivity index (χ0n) is 6.15. The molecule has 11 heavy (non-hydrogen) atoms. The van der Waals surface area contributed by atoms with E-state index in [0.717, 1.165) is 0 Å². The molecule has 0 aromatic rings. The number of nitrogens with one attached hydrogen (secondary N) is 1. The third-order valence-electron chi connectivity index (χ3n) is 2.73. The van der Waals surface area contributed by atoms with E-state index in [4.69, 9.17) is 0 Å². The lowest BCUT2D eigenvalue weighted by Gasteiger charge is -2.30. The Morgan fingerprint density at radius 3 is 1.91 bits per heavy atom. The number of rotatable bonds is 0. The highest BCUT2D eigenvalue weighted by atomic mass is 35.5. The average Bonchev–Trinajstić information content (AvgIpc) is 2.17. The minimum Gasteiger partial charge on any atom is -0.316 e. The quantitative estimate of drug-likeness (QED) is 0.603. The lowest BCUT2D eigenvalue weighted by atomic mass is 9.96. The van der Waals surface area contributed by atoms with Crippen LogP contribution in [0.1, 0.15) is 12.8 Å². The third-order valence-corrected chi connectivity index (χ3v) is 2.73. The summed E-state index contributed by atoms with van der Waals surface area (Å²) in [6.07, 6.45) is 1.43. The predicted octanol–water partition coefficient (Wildman–Crippen LogP) is 1.67. The number of hydrogen-bond acceptors (Lipinski definition) is 1. The van der Waals surface area contributed by atoms with E-state index in [1.165, 1.54) is 0 Å². The van der Waals surface area contributed by atoms with Crippen LogP contribution in [-0.2, 0) is 0 Å². The molecule has 66 valence electrons. The largest absolute Gasteiger partial charge is 0.316 e. The van der Waals surface area contributed by atoms with Crippen LogP contribution in [0.5, 0.6) is 0 Å². The molecule has 0 unspecified atom stereocenters. The van der Waals surface area contributed by atoms with Gasteiger partial charge in [0.15, 0.2) is 0 Å². The van der Waals surface area contributed by atoms with Crippen molar-refractivity contribution in [2.75, 3.05) is 13.1 Å². The molecule has 4 heteroatoms. The van der Waals surface area contributed by atoms with E-state index in [1.54, 1.807) is 0 Å². The van der Waals surface area contributed by atoms with Crippen LogP contribution < -0.4 is 5.32 Å². The van der Waals surface area contributed by atoms with Gasteiger partial charge >= 0.3 is 0 Å². The van der Waals surface area contributed by atoms with Crippen LogP contribution in [0.3, 0.4) is 0 Å². The van der Waals surface area contributed by atoms with Gasteiger partial charge in [0.05, 0.1) is 0 Å². The summed E-state index contributed by atoms with van der Waals surface area (Å²) in [5, 5.41) is 3.02. The third kappa shape index (κ3) is 1.25. The SMILES string of the molecule is Cl.FC1(F)[C@@H]2CC[C@H]1CNC2. The molecule has 1 saturated carbocycles. The van der Waals surface area contributed by atoms with Crippen molar-refractivity contribution in [1.82, 2.24) is 5.32 Å². The summed E-state index contributed by atoms with van der Waals surface area (Å²) in [6.45, 7) is 1.03.